The maximum atomic E-state index is 5.92. The van der Waals surface area contributed by atoms with Crippen molar-refractivity contribution in [1.29, 1.82) is 0 Å². The van der Waals surface area contributed by atoms with E-state index in [9.17, 15) is 0 Å². The zero-order valence-corrected chi connectivity index (χ0v) is 12.8. The van der Waals surface area contributed by atoms with E-state index in [1.165, 1.54) is 31.2 Å². The van der Waals surface area contributed by atoms with Gasteiger partial charge >= 0.3 is 0 Å². The number of unbranched alkanes of at least 4 members (excludes halogenated alkanes) is 3. The summed E-state index contributed by atoms with van der Waals surface area (Å²) < 4.78 is 5.92. The fourth-order valence-electron chi connectivity index (χ4n) is 2.20. The number of aryl methyl sites for hydroxylation is 1. The van der Waals surface area contributed by atoms with E-state index in [0.717, 1.165) is 24.5 Å². The van der Waals surface area contributed by atoms with E-state index in [4.69, 9.17) is 4.74 Å². The fourth-order valence-corrected chi connectivity index (χ4v) is 2.20. The van der Waals surface area contributed by atoms with Crippen LogP contribution in [0.25, 0.3) is 0 Å². The summed E-state index contributed by atoms with van der Waals surface area (Å²) in [5.74, 6) is 0.758. The monoisotopic (exact) mass is 264 g/mol. The van der Waals surface area contributed by atoms with Gasteiger partial charge in [0.25, 0.3) is 0 Å². The van der Waals surface area contributed by atoms with Crippen LogP contribution < -0.4 is 10.1 Å². The van der Waals surface area contributed by atoms with Crippen molar-refractivity contribution in [1.82, 2.24) is 10.3 Å². The Morgan fingerprint density at radius 1 is 1.26 bits per heavy atom. The topological polar surface area (TPSA) is 34.1 Å². The van der Waals surface area contributed by atoms with Crippen molar-refractivity contribution in [3.63, 3.8) is 0 Å². The second-order valence-corrected chi connectivity index (χ2v) is 5.26. The maximum Gasteiger partial charge on any atom is 0.214 e. The molecule has 1 aromatic heterocycles. The Balaban J connectivity index is 2.46. The molecule has 3 heteroatoms. The van der Waals surface area contributed by atoms with E-state index < -0.39 is 0 Å². The predicted octanol–water partition coefficient (Wildman–Crippen LogP) is 3.85. The molecular weight excluding hydrogens is 236 g/mol. The number of hydrogen-bond donors (Lipinski definition) is 1. The number of rotatable bonds is 9. The highest BCUT2D eigenvalue weighted by atomic mass is 16.5. The lowest BCUT2D eigenvalue weighted by Crippen LogP contribution is -2.13. The SMILES string of the molecule is CCCCCCC(C)Oc1cc(CNC)cc(C)n1. The van der Waals surface area contributed by atoms with Gasteiger partial charge in [-0.15, -0.1) is 0 Å². The minimum absolute atomic E-state index is 0.244. The zero-order chi connectivity index (χ0) is 14.1. The summed E-state index contributed by atoms with van der Waals surface area (Å²) in [6.45, 7) is 7.23. The van der Waals surface area contributed by atoms with Crippen molar-refractivity contribution in [2.45, 2.75) is 65.5 Å². The molecule has 0 saturated heterocycles. The molecule has 1 atom stereocenters. The molecule has 1 heterocycles. The second-order valence-electron chi connectivity index (χ2n) is 5.26. The molecule has 1 N–H and O–H groups in total. The molecule has 3 nitrogen and oxygen atoms in total. The molecule has 108 valence electrons. The number of aromatic nitrogens is 1. The van der Waals surface area contributed by atoms with Crippen LogP contribution in [0.4, 0.5) is 0 Å². The lowest BCUT2D eigenvalue weighted by atomic mass is 10.1. The van der Waals surface area contributed by atoms with Crippen molar-refractivity contribution >= 4 is 0 Å². The smallest absolute Gasteiger partial charge is 0.214 e. The molecule has 1 rings (SSSR count). The molecule has 0 spiro atoms. The molecule has 1 unspecified atom stereocenters. The van der Waals surface area contributed by atoms with Gasteiger partial charge in [0, 0.05) is 18.3 Å². The Bertz CT molecular complexity index is 366. The van der Waals surface area contributed by atoms with Crippen molar-refractivity contribution < 1.29 is 4.74 Å². The molecule has 0 bridgehead atoms. The van der Waals surface area contributed by atoms with Gasteiger partial charge in [-0.3, -0.25) is 0 Å². The fraction of sp³-hybridized carbons (Fsp3) is 0.688. The molecule has 1 aromatic rings. The van der Waals surface area contributed by atoms with Crippen LogP contribution in [0.5, 0.6) is 5.88 Å². The van der Waals surface area contributed by atoms with Gasteiger partial charge in [0.05, 0.1) is 6.10 Å². The van der Waals surface area contributed by atoms with Gasteiger partial charge in [0.2, 0.25) is 5.88 Å². The maximum absolute atomic E-state index is 5.92. The van der Waals surface area contributed by atoms with Gasteiger partial charge in [0.1, 0.15) is 0 Å². The summed E-state index contributed by atoms with van der Waals surface area (Å²) in [7, 11) is 1.95. The summed E-state index contributed by atoms with van der Waals surface area (Å²) in [6.07, 6.45) is 6.50. The molecule has 19 heavy (non-hydrogen) atoms. The van der Waals surface area contributed by atoms with Gasteiger partial charge in [-0.1, -0.05) is 26.2 Å². The first-order valence-corrected chi connectivity index (χ1v) is 7.44. The highest BCUT2D eigenvalue weighted by molar-refractivity contribution is 5.24. The van der Waals surface area contributed by atoms with Gasteiger partial charge in [-0.2, -0.15) is 0 Å². The molecular formula is C16H28N2O. The first-order valence-electron chi connectivity index (χ1n) is 7.44. The molecule has 0 aliphatic rings. The first kappa shape index (κ1) is 16.0. The minimum Gasteiger partial charge on any atom is -0.475 e. The molecule has 0 aliphatic carbocycles. The molecule has 0 amide bonds. The standard InChI is InChI=1S/C16H28N2O/c1-5-6-7-8-9-14(3)19-16-11-15(12-17-4)10-13(2)18-16/h10-11,14,17H,5-9,12H2,1-4H3. The minimum atomic E-state index is 0.244. The largest absolute Gasteiger partial charge is 0.475 e. The van der Waals surface area contributed by atoms with Crippen LogP contribution in [0.3, 0.4) is 0 Å². The van der Waals surface area contributed by atoms with Crippen molar-refractivity contribution in [2.24, 2.45) is 0 Å². The van der Waals surface area contributed by atoms with Gasteiger partial charge in [-0.05, 0) is 45.4 Å². The summed E-state index contributed by atoms with van der Waals surface area (Å²) in [5.41, 5.74) is 2.24. The molecule has 0 fully saturated rings. The van der Waals surface area contributed by atoms with Crippen LogP contribution in [0.2, 0.25) is 0 Å². The van der Waals surface area contributed by atoms with Crippen molar-refractivity contribution in [2.75, 3.05) is 7.05 Å². The average Bonchev–Trinajstić information content (AvgIpc) is 2.34. The lowest BCUT2D eigenvalue weighted by molar-refractivity contribution is 0.197. The summed E-state index contributed by atoms with van der Waals surface area (Å²) in [6, 6.07) is 4.13. The Morgan fingerprint density at radius 2 is 2.05 bits per heavy atom. The van der Waals surface area contributed by atoms with Gasteiger partial charge in [-0.25, -0.2) is 4.98 Å². The Labute approximate surface area is 117 Å². The Morgan fingerprint density at radius 3 is 2.74 bits per heavy atom. The number of nitrogens with zero attached hydrogens (tertiary/aromatic N) is 1. The molecule has 0 saturated carbocycles. The number of pyridine rings is 1. The van der Waals surface area contributed by atoms with E-state index in [-0.39, 0.29) is 6.10 Å². The second kappa shape index (κ2) is 8.92. The van der Waals surface area contributed by atoms with E-state index in [0.29, 0.717) is 0 Å². The first-order chi connectivity index (χ1) is 9.15. The molecule has 0 aliphatic heterocycles. The third-order valence-electron chi connectivity index (χ3n) is 3.16. The van der Waals surface area contributed by atoms with Crippen LogP contribution in [0.1, 0.15) is 57.2 Å². The summed E-state index contributed by atoms with van der Waals surface area (Å²) in [5, 5.41) is 3.16. The highest BCUT2D eigenvalue weighted by Gasteiger charge is 2.06. The van der Waals surface area contributed by atoms with Gasteiger partial charge < -0.3 is 10.1 Å². The van der Waals surface area contributed by atoms with E-state index in [1.54, 1.807) is 0 Å². The van der Waals surface area contributed by atoms with E-state index in [1.807, 2.05) is 20.0 Å². The van der Waals surface area contributed by atoms with Crippen LogP contribution in [-0.2, 0) is 6.54 Å². The average molecular weight is 264 g/mol. The lowest BCUT2D eigenvalue weighted by Gasteiger charge is -2.15. The number of nitrogens with one attached hydrogen (secondary N) is 1. The highest BCUT2D eigenvalue weighted by Crippen LogP contribution is 2.16. The molecule has 0 radical (unpaired) electrons. The third kappa shape index (κ3) is 6.58. The third-order valence-corrected chi connectivity index (χ3v) is 3.16. The van der Waals surface area contributed by atoms with Crippen LogP contribution in [0, 0.1) is 6.92 Å². The normalized spacial score (nSPS) is 12.4. The molecule has 0 aromatic carbocycles. The Kier molecular flexibility index (Phi) is 7.49. The predicted molar refractivity (Wildman–Crippen MR) is 80.6 cm³/mol. The van der Waals surface area contributed by atoms with Crippen LogP contribution in [-0.4, -0.2) is 18.1 Å². The number of hydrogen-bond acceptors (Lipinski definition) is 3. The van der Waals surface area contributed by atoms with Crippen molar-refractivity contribution in [3.8, 4) is 5.88 Å². The van der Waals surface area contributed by atoms with Crippen molar-refractivity contribution in [3.05, 3.63) is 23.4 Å². The van der Waals surface area contributed by atoms with Crippen LogP contribution >= 0.6 is 0 Å². The van der Waals surface area contributed by atoms with Gasteiger partial charge in [0.15, 0.2) is 0 Å². The zero-order valence-electron chi connectivity index (χ0n) is 12.8. The summed E-state index contributed by atoms with van der Waals surface area (Å²) >= 11 is 0. The number of ether oxygens (including phenoxy) is 1. The quantitative estimate of drug-likeness (QED) is 0.688. The van der Waals surface area contributed by atoms with E-state index in [2.05, 4.69) is 30.2 Å². The van der Waals surface area contributed by atoms with E-state index >= 15 is 0 Å². The summed E-state index contributed by atoms with van der Waals surface area (Å²) in [4.78, 5) is 4.45. The van der Waals surface area contributed by atoms with Crippen LogP contribution in [0.15, 0.2) is 12.1 Å². The Hall–Kier alpha value is -1.09.